The Kier molecular flexibility index (Phi) is 5.61. The molecule has 3 heterocycles. The van der Waals surface area contributed by atoms with Crippen LogP contribution in [0.4, 0.5) is 0 Å². The average molecular weight is 442 g/mol. The molecule has 1 fully saturated rings. The fourth-order valence-electron chi connectivity index (χ4n) is 2.41. The third kappa shape index (κ3) is 3.50. The van der Waals surface area contributed by atoms with Crippen LogP contribution in [0.15, 0.2) is 9.98 Å². The van der Waals surface area contributed by atoms with Gasteiger partial charge in [-0.25, -0.2) is 0 Å². The number of nitrogens with zero attached hydrogens (tertiary/aromatic N) is 4. The van der Waals surface area contributed by atoms with E-state index < -0.39 is 0 Å². The maximum atomic E-state index is 4.67. The fraction of sp³-hybridized carbons (Fsp3) is 0.833. The first kappa shape index (κ1) is 15.5. The Morgan fingerprint density at radius 1 is 0.850 bits per heavy atom. The second-order valence-corrected chi connectivity index (χ2v) is 8.84. The monoisotopic (exact) mass is 440 g/mol. The molecule has 3 rings (SSSR count). The van der Waals surface area contributed by atoms with Crippen LogP contribution in [0, 0.1) is 0 Å². The van der Waals surface area contributed by atoms with E-state index in [1.165, 1.54) is 10.3 Å². The molecule has 0 saturated carbocycles. The van der Waals surface area contributed by atoms with Crippen molar-refractivity contribution in [3.05, 3.63) is 0 Å². The van der Waals surface area contributed by atoms with Crippen LogP contribution in [0.25, 0.3) is 0 Å². The first-order valence-electron chi connectivity index (χ1n) is 6.84. The number of aliphatic imine (C=N–C) groups is 2. The van der Waals surface area contributed by atoms with Gasteiger partial charge in [0.2, 0.25) is 0 Å². The van der Waals surface area contributed by atoms with Crippen molar-refractivity contribution in [2.24, 2.45) is 9.98 Å². The molecular weight excluding hydrogens is 424 g/mol. The normalized spacial score (nSPS) is 30.7. The van der Waals surface area contributed by atoms with Crippen molar-refractivity contribution >= 4 is 65.7 Å². The van der Waals surface area contributed by atoms with Gasteiger partial charge in [0.05, 0.1) is 13.1 Å². The molecule has 8 heteroatoms. The molecule has 0 aromatic heterocycles. The number of thioether (sulfide) groups is 2. The van der Waals surface area contributed by atoms with E-state index in [-0.39, 0.29) is 0 Å². The fourth-order valence-corrected chi connectivity index (χ4v) is 5.59. The summed E-state index contributed by atoms with van der Waals surface area (Å²) in [6.45, 7) is 6.19. The van der Waals surface area contributed by atoms with E-state index in [0.29, 0.717) is 10.5 Å². The average Bonchev–Trinajstić information content (AvgIpc) is 3.16. The first-order chi connectivity index (χ1) is 9.80. The molecule has 2 atom stereocenters. The first-order valence-corrected chi connectivity index (χ1v) is 10.8. The van der Waals surface area contributed by atoms with Crippen molar-refractivity contribution in [3.63, 3.8) is 0 Å². The Morgan fingerprint density at radius 2 is 1.25 bits per heavy atom. The predicted molar refractivity (Wildman–Crippen MR) is 98.1 cm³/mol. The van der Waals surface area contributed by atoms with Crippen molar-refractivity contribution in [3.8, 4) is 0 Å². The SMILES string of the molecule is BrC[C@@H]1CN=C(N2CCN(C3=NC[C@@H](CBr)S3)CC2)S1. The van der Waals surface area contributed by atoms with E-state index in [2.05, 4.69) is 51.6 Å². The lowest BCUT2D eigenvalue weighted by Crippen LogP contribution is -2.49. The van der Waals surface area contributed by atoms with Crippen molar-refractivity contribution in [2.45, 2.75) is 10.5 Å². The van der Waals surface area contributed by atoms with E-state index >= 15 is 0 Å². The molecule has 0 unspecified atom stereocenters. The van der Waals surface area contributed by atoms with Gasteiger partial charge in [0.25, 0.3) is 0 Å². The summed E-state index contributed by atoms with van der Waals surface area (Å²) in [5.74, 6) is 0. The Labute approximate surface area is 145 Å². The summed E-state index contributed by atoms with van der Waals surface area (Å²) in [5, 5.41) is 5.80. The summed E-state index contributed by atoms with van der Waals surface area (Å²) in [6.07, 6.45) is 0. The van der Waals surface area contributed by atoms with Gasteiger partial charge >= 0.3 is 0 Å². The Morgan fingerprint density at radius 3 is 1.55 bits per heavy atom. The molecule has 3 aliphatic rings. The number of halogens is 2. The second-order valence-electron chi connectivity index (χ2n) is 5.01. The number of hydrogen-bond acceptors (Lipinski definition) is 6. The summed E-state index contributed by atoms with van der Waals surface area (Å²) in [4.78, 5) is 14.2. The van der Waals surface area contributed by atoms with Crippen molar-refractivity contribution in [1.29, 1.82) is 0 Å². The number of piperazine rings is 1. The lowest BCUT2D eigenvalue weighted by molar-refractivity contribution is 0.265. The lowest BCUT2D eigenvalue weighted by Gasteiger charge is -2.36. The zero-order valence-electron chi connectivity index (χ0n) is 11.2. The summed E-state index contributed by atoms with van der Waals surface area (Å²) in [7, 11) is 0. The van der Waals surface area contributed by atoms with Gasteiger partial charge in [0.1, 0.15) is 0 Å². The molecule has 112 valence electrons. The molecule has 0 aromatic rings. The van der Waals surface area contributed by atoms with Gasteiger partial charge < -0.3 is 9.80 Å². The van der Waals surface area contributed by atoms with Crippen LogP contribution in [0.2, 0.25) is 0 Å². The topological polar surface area (TPSA) is 31.2 Å². The van der Waals surface area contributed by atoms with E-state index in [9.17, 15) is 0 Å². The third-order valence-electron chi connectivity index (χ3n) is 3.57. The minimum Gasteiger partial charge on any atom is -0.348 e. The van der Waals surface area contributed by atoms with Crippen LogP contribution < -0.4 is 0 Å². The van der Waals surface area contributed by atoms with Crippen LogP contribution in [-0.2, 0) is 0 Å². The lowest BCUT2D eigenvalue weighted by atomic mass is 10.3. The van der Waals surface area contributed by atoms with Crippen LogP contribution in [0.1, 0.15) is 0 Å². The van der Waals surface area contributed by atoms with Crippen molar-refractivity contribution in [2.75, 3.05) is 49.9 Å². The predicted octanol–water partition coefficient (Wildman–Crippen LogP) is 2.34. The molecule has 0 N–H and O–H groups in total. The van der Waals surface area contributed by atoms with Crippen LogP contribution in [0.3, 0.4) is 0 Å². The standard InChI is InChI=1S/C12H18Br2N4S2/c13-5-9-7-15-11(19-9)17-1-2-18(4-3-17)12-16-8-10(6-14)20-12/h9-10H,1-8H2/t9-,10-/m1/s1. The molecule has 3 aliphatic heterocycles. The van der Waals surface area contributed by atoms with Gasteiger partial charge in [-0.2, -0.15) is 0 Å². The van der Waals surface area contributed by atoms with Crippen LogP contribution >= 0.6 is 55.4 Å². The maximum Gasteiger partial charge on any atom is 0.159 e. The smallest absolute Gasteiger partial charge is 0.159 e. The number of hydrogen-bond donors (Lipinski definition) is 0. The highest BCUT2D eigenvalue weighted by molar-refractivity contribution is 9.09. The molecule has 0 bridgehead atoms. The highest BCUT2D eigenvalue weighted by Crippen LogP contribution is 2.28. The molecule has 20 heavy (non-hydrogen) atoms. The van der Waals surface area contributed by atoms with E-state index in [1.54, 1.807) is 0 Å². The molecule has 0 aromatic carbocycles. The quantitative estimate of drug-likeness (QED) is 0.615. The molecule has 4 nitrogen and oxygen atoms in total. The third-order valence-corrected chi connectivity index (χ3v) is 8.48. The Hall–Kier alpha value is 0.600. The summed E-state index contributed by atoms with van der Waals surface area (Å²) < 4.78 is 0. The zero-order valence-corrected chi connectivity index (χ0v) is 16.0. The number of alkyl halides is 2. The van der Waals surface area contributed by atoms with Gasteiger partial charge in [-0.3, -0.25) is 9.98 Å². The number of amidine groups is 2. The Balaban J connectivity index is 1.48. The second kappa shape index (κ2) is 7.24. The molecule has 0 aliphatic carbocycles. The van der Waals surface area contributed by atoms with Gasteiger partial charge in [0.15, 0.2) is 10.3 Å². The highest BCUT2D eigenvalue weighted by Gasteiger charge is 2.29. The van der Waals surface area contributed by atoms with E-state index in [1.807, 2.05) is 23.5 Å². The van der Waals surface area contributed by atoms with E-state index in [0.717, 1.165) is 49.9 Å². The minimum atomic E-state index is 0.623. The van der Waals surface area contributed by atoms with Crippen molar-refractivity contribution in [1.82, 2.24) is 9.80 Å². The summed E-state index contributed by atoms with van der Waals surface area (Å²) in [6, 6.07) is 0. The summed E-state index contributed by atoms with van der Waals surface area (Å²) in [5.41, 5.74) is 0. The minimum absolute atomic E-state index is 0.623. The molecule has 0 radical (unpaired) electrons. The number of rotatable bonds is 2. The molecular formula is C12H18Br2N4S2. The van der Waals surface area contributed by atoms with Gasteiger partial charge in [0, 0.05) is 47.3 Å². The summed E-state index contributed by atoms with van der Waals surface area (Å²) >= 11 is 10.9. The largest absolute Gasteiger partial charge is 0.348 e. The van der Waals surface area contributed by atoms with Gasteiger partial charge in [-0.1, -0.05) is 55.4 Å². The van der Waals surface area contributed by atoms with Crippen LogP contribution in [0.5, 0.6) is 0 Å². The maximum absolute atomic E-state index is 4.67. The van der Waals surface area contributed by atoms with Gasteiger partial charge in [-0.05, 0) is 0 Å². The molecule has 0 spiro atoms. The van der Waals surface area contributed by atoms with Crippen LogP contribution in [-0.4, -0.2) is 80.6 Å². The van der Waals surface area contributed by atoms with Gasteiger partial charge in [-0.15, -0.1) is 0 Å². The highest BCUT2D eigenvalue weighted by atomic mass is 79.9. The van der Waals surface area contributed by atoms with Crippen molar-refractivity contribution < 1.29 is 0 Å². The Bertz CT molecular complexity index is 372. The molecule has 1 saturated heterocycles. The molecule has 0 amide bonds. The zero-order chi connectivity index (χ0) is 13.9. The van der Waals surface area contributed by atoms with E-state index in [4.69, 9.17) is 0 Å².